The van der Waals surface area contributed by atoms with Crippen LogP contribution in [-0.2, 0) is 6.54 Å². The van der Waals surface area contributed by atoms with Crippen LogP contribution in [0.2, 0.25) is 0 Å². The van der Waals surface area contributed by atoms with E-state index in [1.165, 1.54) is 0 Å². The molecule has 0 aliphatic heterocycles. The molecule has 0 bridgehead atoms. The minimum Gasteiger partial charge on any atom is -0.348 e. The molecular weight excluding hydrogens is 230 g/mol. The quantitative estimate of drug-likeness (QED) is 0.712. The largest absolute Gasteiger partial charge is 0.348 e. The van der Waals surface area contributed by atoms with E-state index in [0.29, 0.717) is 18.8 Å². The lowest BCUT2D eigenvalue weighted by molar-refractivity contribution is 0.0932. The van der Waals surface area contributed by atoms with Gasteiger partial charge in [0, 0.05) is 25.3 Å². The molecule has 0 spiro atoms. The number of aromatic nitrogens is 2. The Hall–Kier alpha value is -1.40. The Bertz CT molecular complexity index is 374. The van der Waals surface area contributed by atoms with Crippen LogP contribution in [-0.4, -0.2) is 53.6 Å². The molecule has 0 aromatic carbocycles. The number of nitrogens with two attached hydrogens (primary N) is 1. The minimum absolute atomic E-state index is 0.128. The van der Waals surface area contributed by atoms with Crippen LogP contribution < -0.4 is 11.1 Å². The first-order chi connectivity index (χ1) is 8.52. The van der Waals surface area contributed by atoms with Crippen LogP contribution in [0, 0.1) is 0 Å². The average molecular weight is 253 g/mol. The molecule has 1 unspecified atom stereocenters. The molecule has 1 amide bonds. The maximum absolute atomic E-state index is 11.9. The lowest BCUT2D eigenvalue weighted by Gasteiger charge is -2.15. The summed E-state index contributed by atoms with van der Waals surface area (Å²) in [6, 6.07) is 0.138. The summed E-state index contributed by atoms with van der Waals surface area (Å²) in [6.45, 7) is 4.16. The standard InChI is InChI=1S/C12H23N5O/c1-10(4-6-16(2)3)15-12(18)11-8-17(7-5-13)9-14-11/h8-10H,4-7,13H2,1-3H3,(H,15,18). The Morgan fingerprint density at radius 3 is 2.94 bits per heavy atom. The van der Waals surface area contributed by atoms with Gasteiger partial charge >= 0.3 is 0 Å². The predicted molar refractivity (Wildman–Crippen MR) is 71.4 cm³/mol. The molecule has 0 saturated carbocycles. The molecule has 0 aliphatic carbocycles. The van der Waals surface area contributed by atoms with Crippen molar-refractivity contribution in [3.05, 3.63) is 18.2 Å². The predicted octanol–water partition coefficient (Wildman–Crippen LogP) is -0.0882. The first kappa shape index (κ1) is 14.7. The first-order valence-corrected chi connectivity index (χ1v) is 6.20. The summed E-state index contributed by atoms with van der Waals surface area (Å²) in [5, 5.41) is 2.93. The van der Waals surface area contributed by atoms with Crippen molar-refractivity contribution in [2.75, 3.05) is 27.2 Å². The summed E-state index contributed by atoms with van der Waals surface area (Å²) in [7, 11) is 4.03. The van der Waals surface area contributed by atoms with Gasteiger partial charge in [0.2, 0.25) is 0 Å². The second-order valence-electron chi connectivity index (χ2n) is 4.75. The summed E-state index contributed by atoms with van der Waals surface area (Å²) >= 11 is 0. The van der Waals surface area contributed by atoms with Crippen molar-refractivity contribution in [1.82, 2.24) is 19.8 Å². The van der Waals surface area contributed by atoms with Crippen LogP contribution in [0.4, 0.5) is 0 Å². The highest BCUT2D eigenvalue weighted by atomic mass is 16.1. The molecule has 6 heteroatoms. The molecule has 0 saturated heterocycles. The number of hydrogen-bond acceptors (Lipinski definition) is 4. The van der Waals surface area contributed by atoms with E-state index in [9.17, 15) is 4.79 Å². The molecule has 1 atom stereocenters. The van der Waals surface area contributed by atoms with Crippen LogP contribution in [0.1, 0.15) is 23.8 Å². The third-order valence-electron chi connectivity index (χ3n) is 2.64. The normalized spacial score (nSPS) is 12.7. The number of carbonyl (C=O) groups is 1. The molecule has 0 fully saturated rings. The monoisotopic (exact) mass is 253 g/mol. The number of amides is 1. The summed E-state index contributed by atoms with van der Waals surface area (Å²) in [5.41, 5.74) is 5.89. The van der Waals surface area contributed by atoms with Gasteiger partial charge in [0.1, 0.15) is 5.69 Å². The van der Waals surface area contributed by atoms with E-state index in [1.807, 2.05) is 25.6 Å². The number of nitrogens with one attached hydrogen (secondary N) is 1. The van der Waals surface area contributed by atoms with Gasteiger partial charge in [-0.15, -0.1) is 0 Å². The molecule has 6 nitrogen and oxygen atoms in total. The van der Waals surface area contributed by atoms with Crippen LogP contribution in [0.15, 0.2) is 12.5 Å². The van der Waals surface area contributed by atoms with Gasteiger partial charge in [-0.2, -0.15) is 0 Å². The maximum Gasteiger partial charge on any atom is 0.271 e. The first-order valence-electron chi connectivity index (χ1n) is 6.20. The van der Waals surface area contributed by atoms with Crippen molar-refractivity contribution in [1.29, 1.82) is 0 Å². The topological polar surface area (TPSA) is 76.2 Å². The van der Waals surface area contributed by atoms with Crippen molar-refractivity contribution in [2.24, 2.45) is 5.73 Å². The van der Waals surface area contributed by atoms with Gasteiger partial charge in [0.25, 0.3) is 5.91 Å². The number of imidazole rings is 1. The molecule has 102 valence electrons. The van der Waals surface area contributed by atoms with Crippen molar-refractivity contribution in [3.63, 3.8) is 0 Å². The number of hydrogen-bond donors (Lipinski definition) is 2. The van der Waals surface area contributed by atoms with Crippen molar-refractivity contribution < 1.29 is 4.79 Å². The Morgan fingerprint density at radius 1 is 1.61 bits per heavy atom. The zero-order chi connectivity index (χ0) is 13.5. The Labute approximate surface area is 108 Å². The smallest absolute Gasteiger partial charge is 0.271 e. The van der Waals surface area contributed by atoms with E-state index >= 15 is 0 Å². The van der Waals surface area contributed by atoms with E-state index in [-0.39, 0.29) is 11.9 Å². The molecule has 0 radical (unpaired) electrons. The molecule has 0 aliphatic rings. The molecule has 3 N–H and O–H groups in total. The summed E-state index contributed by atoms with van der Waals surface area (Å²) in [4.78, 5) is 18.0. The van der Waals surface area contributed by atoms with Crippen molar-refractivity contribution >= 4 is 5.91 Å². The summed E-state index contributed by atoms with van der Waals surface area (Å²) in [5.74, 6) is -0.128. The third kappa shape index (κ3) is 4.85. The van der Waals surface area contributed by atoms with Gasteiger partial charge in [-0.3, -0.25) is 4.79 Å². The Kier molecular flexibility index (Phi) is 5.80. The van der Waals surface area contributed by atoms with Gasteiger partial charge < -0.3 is 20.5 Å². The average Bonchev–Trinajstić information content (AvgIpc) is 2.75. The molecule has 1 aromatic rings. The molecule has 1 heterocycles. The van der Waals surface area contributed by atoms with Gasteiger partial charge in [-0.1, -0.05) is 0 Å². The fourth-order valence-corrected chi connectivity index (χ4v) is 1.57. The van der Waals surface area contributed by atoms with Crippen LogP contribution in [0.25, 0.3) is 0 Å². The molecule has 1 aromatic heterocycles. The summed E-state index contributed by atoms with van der Waals surface area (Å²) < 4.78 is 1.82. The molecule has 1 rings (SSSR count). The van der Waals surface area contributed by atoms with Crippen molar-refractivity contribution in [3.8, 4) is 0 Å². The highest BCUT2D eigenvalue weighted by molar-refractivity contribution is 5.92. The lowest BCUT2D eigenvalue weighted by Crippen LogP contribution is -2.35. The number of rotatable bonds is 7. The van der Waals surface area contributed by atoms with Crippen molar-refractivity contribution in [2.45, 2.75) is 25.9 Å². The van der Waals surface area contributed by atoms with Crippen LogP contribution in [0.5, 0.6) is 0 Å². The van der Waals surface area contributed by atoms with E-state index in [1.54, 1.807) is 12.5 Å². The van der Waals surface area contributed by atoms with E-state index in [4.69, 9.17) is 5.73 Å². The maximum atomic E-state index is 11.9. The summed E-state index contributed by atoms with van der Waals surface area (Å²) in [6.07, 6.45) is 4.27. The van der Waals surface area contributed by atoms with Crippen LogP contribution in [0.3, 0.4) is 0 Å². The third-order valence-corrected chi connectivity index (χ3v) is 2.64. The fourth-order valence-electron chi connectivity index (χ4n) is 1.57. The van der Waals surface area contributed by atoms with Gasteiger partial charge in [0.15, 0.2) is 0 Å². The number of carbonyl (C=O) groups excluding carboxylic acids is 1. The second kappa shape index (κ2) is 7.13. The number of nitrogens with zero attached hydrogens (tertiary/aromatic N) is 3. The van der Waals surface area contributed by atoms with Crippen LogP contribution >= 0.6 is 0 Å². The zero-order valence-corrected chi connectivity index (χ0v) is 11.4. The highest BCUT2D eigenvalue weighted by Crippen LogP contribution is 1.99. The fraction of sp³-hybridized carbons (Fsp3) is 0.667. The van der Waals surface area contributed by atoms with Gasteiger partial charge in [-0.05, 0) is 34.0 Å². The Morgan fingerprint density at radius 2 is 2.33 bits per heavy atom. The van der Waals surface area contributed by atoms with E-state index < -0.39 is 0 Å². The van der Waals surface area contributed by atoms with Gasteiger partial charge in [-0.25, -0.2) is 4.98 Å². The molecule has 18 heavy (non-hydrogen) atoms. The lowest BCUT2D eigenvalue weighted by atomic mass is 10.2. The van der Waals surface area contributed by atoms with E-state index in [0.717, 1.165) is 13.0 Å². The SMILES string of the molecule is CC(CCN(C)C)NC(=O)c1cn(CCN)cn1. The van der Waals surface area contributed by atoms with Gasteiger partial charge in [0.05, 0.1) is 6.33 Å². The molecular formula is C12H23N5O. The Balaban J connectivity index is 2.43. The highest BCUT2D eigenvalue weighted by Gasteiger charge is 2.12. The second-order valence-corrected chi connectivity index (χ2v) is 4.75. The zero-order valence-electron chi connectivity index (χ0n) is 11.4. The van der Waals surface area contributed by atoms with E-state index in [2.05, 4.69) is 15.2 Å². The minimum atomic E-state index is -0.128.